The zero-order valence-corrected chi connectivity index (χ0v) is 12.1. The van der Waals surface area contributed by atoms with Crippen molar-refractivity contribution in [2.24, 2.45) is 0 Å². The van der Waals surface area contributed by atoms with E-state index in [9.17, 15) is 13.5 Å². The van der Waals surface area contributed by atoms with Crippen LogP contribution in [-0.4, -0.2) is 38.5 Å². The zero-order chi connectivity index (χ0) is 13.9. The molecule has 1 saturated heterocycles. The molecule has 0 bridgehead atoms. The van der Waals surface area contributed by atoms with Gasteiger partial charge in [0.05, 0.1) is 23.3 Å². The molecule has 1 fully saturated rings. The number of anilines is 1. The number of hydrogen-bond donors (Lipinski definition) is 1. The summed E-state index contributed by atoms with van der Waals surface area (Å²) in [5.74, 6) is 0.190. The number of sulfone groups is 1. The van der Waals surface area contributed by atoms with Crippen molar-refractivity contribution in [2.75, 3.05) is 23.8 Å². The standard InChI is InChI=1S/C14H21NO3S/c1-2-10-19(17,18)14-7-5-12(6-8-14)15-9-3-4-13(15)11-16/h5-8,13,16H,2-4,9-11H2,1H3. The third kappa shape index (κ3) is 3.09. The number of aliphatic hydroxyl groups is 1. The van der Waals surface area contributed by atoms with Gasteiger partial charge in [0.2, 0.25) is 0 Å². The predicted molar refractivity (Wildman–Crippen MR) is 76.2 cm³/mol. The van der Waals surface area contributed by atoms with Gasteiger partial charge in [-0.3, -0.25) is 0 Å². The first kappa shape index (κ1) is 14.3. The van der Waals surface area contributed by atoms with E-state index in [4.69, 9.17) is 0 Å². The van der Waals surface area contributed by atoms with Gasteiger partial charge in [0.15, 0.2) is 9.84 Å². The molecule has 0 saturated carbocycles. The topological polar surface area (TPSA) is 57.6 Å². The molecule has 0 aliphatic carbocycles. The van der Waals surface area contributed by atoms with Gasteiger partial charge in [-0.05, 0) is 43.5 Å². The fourth-order valence-corrected chi connectivity index (χ4v) is 3.92. The Morgan fingerprint density at radius 2 is 2.00 bits per heavy atom. The fraction of sp³-hybridized carbons (Fsp3) is 0.571. The summed E-state index contributed by atoms with van der Waals surface area (Å²) in [4.78, 5) is 2.54. The van der Waals surface area contributed by atoms with Crippen molar-refractivity contribution < 1.29 is 13.5 Å². The van der Waals surface area contributed by atoms with Crippen LogP contribution in [0.25, 0.3) is 0 Å². The van der Waals surface area contributed by atoms with E-state index in [0.717, 1.165) is 25.1 Å². The van der Waals surface area contributed by atoms with Gasteiger partial charge in [0, 0.05) is 12.2 Å². The molecule has 2 rings (SSSR count). The first-order chi connectivity index (χ1) is 9.08. The van der Waals surface area contributed by atoms with Gasteiger partial charge >= 0.3 is 0 Å². The van der Waals surface area contributed by atoms with Crippen molar-refractivity contribution in [1.29, 1.82) is 0 Å². The summed E-state index contributed by atoms with van der Waals surface area (Å²) >= 11 is 0. The molecular formula is C14H21NO3S. The first-order valence-electron chi connectivity index (χ1n) is 6.79. The summed E-state index contributed by atoms with van der Waals surface area (Å²) in [7, 11) is -3.14. The van der Waals surface area contributed by atoms with Gasteiger partial charge in [-0.2, -0.15) is 0 Å². The Kier molecular flexibility index (Phi) is 4.47. The Hall–Kier alpha value is -1.07. The molecule has 1 unspecified atom stereocenters. The quantitative estimate of drug-likeness (QED) is 0.895. The minimum absolute atomic E-state index is 0.149. The predicted octanol–water partition coefficient (Wildman–Crippen LogP) is 1.83. The molecule has 0 spiro atoms. The van der Waals surface area contributed by atoms with Crippen LogP contribution in [0, 0.1) is 0 Å². The fourth-order valence-electron chi connectivity index (χ4n) is 2.60. The van der Waals surface area contributed by atoms with E-state index in [1.165, 1.54) is 0 Å². The van der Waals surface area contributed by atoms with Gasteiger partial charge in [0.1, 0.15) is 0 Å². The van der Waals surface area contributed by atoms with E-state index in [2.05, 4.69) is 4.90 Å². The van der Waals surface area contributed by atoms with Crippen molar-refractivity contribution in [3.8, 4) is 0 Å². The molecule has 4 nitrogen and oxygen atoms in total. The lowest BCUT2D eigenvalue weighted by Gasteiger charge is -2.25. The van der Waals surface area contributed by atoms with Crippen LogP contribution in [0.15, 0.2) is 29.2 Å². The van der Waals surface area contributed by atoms with Gasteiger partial charge < -0.3 is 10.0 Å². The van der Waals surface area contributed by atoms with Gasteiger partial charge in [-0.1, -0.05) is 6.92 Å². The second-order valence-electron chi connectivity index (χ2n) is 4.98. The lowest BCUT2D eigenvalue weighted by atomic mass is 10.2. The molecule has 0 amide bonds. The molecule has 1 heterocycles. The van der Waals surface area contributed by atoms with E-state index >= 15 is 0 Å². The molecule has 1 aromatic carbocycles. The number of rotatable bonds is 5. The van der Waals surface area contributed by atoms with Crippen molar-refractivity contribution >= 4 is 15.5 Å². The van der Waals surface area contributed by atoms with Gasteiger partial charge in [-0.25, -0.2) is 8.42 Å². The average Bonchev–Trinajstić information content (AvgIpc) is 2.87. The molecule has 0 radical (unpaired) electrons. The third-order valence-corrected chi connectivity index (χ3v) is 5.52. The largest absolute Gasteiger partial charge is 0.394 e. The van der Waals surface area contributed by atoms with Gasteiger partial charge in [0.25, 0.3) is 0 Å². The van der Waals surface area contributed by atoms with Crippen LogP contribution < -0.4 is 4.90 Å². The molecular weight excluding hydrogens is 262 g/mol. The first-order valence-corrected chi connectivity index (χ1v) is 8.44. The summed E-state index contributed by atoms with van der Waals surface area (Å²) in [5.41, 5.74) is 0.993. The molecule has 0 aromatic heterocycles. The molecule has 19 heavy (non-hydrogen) atoms. The molecule has 106 valence electrons. The van der Waals surface area contributed by atoms with Crippen LogP contribution in [0.1, 0.15) is 26.2 Å². The van der Waals surface area contributed by atoms with Crippen LogP contribution in [0.4, 0.5) is 5.69 Å². The van der Waals surface area contributed by atoms with Crippen LogP contribution in [0.5, 0.6) is 0 Å². The van der Waals surface area contributed by atoms with Gasteiger partial charge in [-0.15, -0.1) is 0 Å². The highest BCUT2D eigenvalue weighted by molar-refractivity contribution is 7.91. The number of aliphatic hydroxyl groups excluding tert-OH is 1. The Labute approximate surface area is 115 Å². The highest BCUT2D eigenvalue weighted by Crippen LogP contribution is 2.26. The van der Waals surface area contributed by atoms with Crippen LogP contribution in [0.2, 0.25) is 0 Å². The maximum atomic E-state index is 11.9. The summed E-state index contributed by atoms with van der Waals surface area (Å²) in [5, 5.41) is 9.31. The summed E-state index contributed by atoms with van der Waals surface area (Å²) in [6.45, 7) is 2.93. The van der Waals surface area contributed by atoms with Crippen molar-refractivity contribution in [3.63, 3.8) is 0 Å². The minimum atomic E-state index is -3.14. The smallest absolute Gasteiger partial charge is 0.178 e. The summed E-state index contributed by atoms with van der Waals surface area (Å²) < 4.78 is 23.9. The molecule has 5 heteroatoms. The number of benzene rings is 1. The second kappa shape index (κ2) is 5.92. The van der Waals surface area contributed by atoms with Crippen LogP contribution >= 0.6 is 0 Å². The number of hydrogen-bond acceptors (Lipinski definition) is 4. The lowest BCUT2D eigenvalue weighted by Crippen LogP contribution is -2.31. The molecule has 1 aliphatic rings. The van der Waals surface area contributed by atoms with E-state index in [1.807, 2.05) is 19.1 Å². The Morgan fingerprint density at radius 3 is 2.58 bits per heavy atom. The maximum Gasteiger partial charge on any atom is 0.178 e. The maximum absolute atomic E-state index is 11.9. The Bertz CT molecular complexity index is 510. The van der Waals surface area contributed by atoms with E-state index in [1.54, 1.807) is 12.1 Å². The third-order valence-electron chi connectivity index (χ3n) is 3.59. The molecule has 1 aliphatic heterocycles. The molecule has 1 aromatic rings. The zero-order valence-electron chi connectivity index (χ0n) is 11.2. The summed E-state index contributed by atoms with van der Waals surface area (Å²) in [6.07, 6.45) is 2.69. The van der Waals surface area contributed by atoms with Crippen LogP contribution in [0.3, 0.4) is 0 Å². The van der Waals surface area contributed by atoms with Crippen LogP contribution in [-0.2, 0) is 9.84 Å². The van der Waals surface area contributed by atoms with E-state index in [-0.39, 0.29) is 18.4 Å². The van der Waals surface area contributed by atoms with E-state index < -0.39 is 9.84 Å². The highest BCUT2D eigenvalue weighted by Gasteiger charge is 2.24. The van der Waals surface area contributed by atoms with Crippen molar-refractivity contribution in [3.05, 3.63) is 24.3 Å². The average molecular weight is 283 g/mol. The van der Waals surface area contributed by atoms with Crippen molar-refractivity contribution in [2.45, 2.75) is 37.1 Å². The van der Waals surface area contributed by atoms with Crippen molar-refractivity contribution in [1.82, 2.24) is 0 Å². The Morgan fingerprint density at radius 1 is 1.32 bits per heavy atom. The Balaban J connectivity index is 2.19. The second-order valence-corrected chi connectivity index (χ2v) is 7.09. The molecule has 1 N–H and O–H groups in total. The normalized spacial score (nSPS) is 19.9. The summed E-state index contributed by atoms with van der Waals surface area (Å²) in [6, 6.07) is 7.20. The SMILES string of the molecule is CCCS(=O)(=O)c1ccc(N2CCCC2CO)cc1. The molecule has 1 atom stereocenters. The highest BCUT2D eigenvalue weighted by atomic mass is 32.2. The minimum Gasteiger partial charge on any atom is -0.394 e. The monoisotopic (exact) mass is 283 g/mol. The lowest BCUT2D eigenvalue weighted by molar-refractivity contribution is 0.266. The van der Waals surface area contributed by atoms with E-state index in [0.29, 0.717) is 11.3 Å². The number of nitrogens with zero attached hydrogens (tertiary/aromatic N) is 1.